The van der Waals surface area contributed by atoms with E-state index in [1.807, 2.05) is 0 Å². The van der Waals surface area contributed by atoms with Gasteiger partial charge in [-0.25, -0.2) is 0 Å². The molecule has 0 spiro atoms. The number of hydrogen-bond donors (Lipinski definition) is 2. The summed E-state index contributed by atoms with van der Waals surface area (Å²) in [5.41, 5.74) is 0.756. The van der Waals surface area contributed by atoms with Crippen LogP contribution in [0.2, 0.25) is 0 Å². The Morgan fingerprint density at radius 1 is 1.55 bits per heavy atom. The zero-order valence-corrected chi connectivity index (χ0v) is 7.11. The van der Waals surface area contributed by atoms with Gasteiger partial charge in [-0.3, -0.25) is 4.55 Å². The number of nitrogens with one attached hydrogen (secondary N) is 1. The molecule has 0 fully saturated rings. The second-order valence-corrected chi connectivity index (χ2v) is 4.05. The van der Waals surface area contributed by atoms with Crippen LogP contribution in [0.25, 0.3) is 0 Å². The Labute approximate surface area is 66.0 Å². The molecule has 5 heteroatoms. The molecule has 0 aromatic heterocycles. The van der Waals surface area contributed by atoms with Gasteiger partial charge in [0.05, 0.1) is 4.91 Å². The Morgan fingerprint density at radius 3 is 2.55 bits per heavy atom. The number of rotatable bonds is 1. The molecule has 4 nitrogen and oxygen atoms in total. The van der Waals surface area contributed by atoms with Crippen LogP contribution < -0.4 is 5.32 Å². The van der Waals surface area contributed by atoms with Gasteiger partial charge < -0.3 is 5.32 Å². The molecule has 0 unspecified atom stereocenters. The van der Waals surface area contributed by atoms with Crippen LogP contribution in [-0.4, -0.2) is 26.1 Å². The lowest BCUT2D eigenvalue weighted by atomic mass is 10.1. The maximum absolute atomic E-state index is 10.7. The first-order valence-corrected chi connectivity index (χ1v) is 4.82. The zero-order valence-electron chi connectivity index (χ0n) is 6.29. The Morgan fingerprint density at radius 2 is 2.18 bits per heavy atom. The SMILES string of the molecule is CC1=C(S(=O)(=O)O)CNCC1. The molecular weight excluding hydrogens is 166 g/mol. The van der Waals surface area contributed by atoms with Gasteiger partial charge in [0.1, 0.15) is 0 Å². The summed E-state index contributed by atoms with van der Waals surface area (Å²) in [4.78, 5) is 0.128. The molecule has 64 valence electrons. The minimum Gasteiger partial charge on any atom is -0.312 e. The fourth-order valence-electron chi connectivity index (χ4n) is 1.08. The van der Waals surface area contributed by atoms with E-state index in [1.165, 1.54) is 0 Å². The third-order valence-electron chi connectivity index (χ3n) is 1.75. The molecule has 11 heavy (non-hydrogen) atoms. The van der Waals surface area contributed by atoms with Crippen molar-refractivity contribution in [2.45, 2.75) is 13.3 Å². The second-order valence-electron chi connectivity index (χ2n) is 2.61. The van der Waals surface area contributed by atoms with Crippen LogP contribution in [0.3, 0.4) is 0 Å². The van der Waals surface area contributed by atoms with E-state index in [-0.39, 0.29) is 11.4 Å². The smallest absolute Gasteiger partial charge is 0.291 e. The average molecular weight is 177 g/mol. The van der Waals surface area contributed by atoms with Crippen molar-refractivity contribution in [1.82, 2.24) is 5.32 Å². The minimum absolute atomic E-state index is 0.128. The van der Waals surface area contributed by atoms with Crippen molar-refractivity contribution in [2.24, 2.45) is 0 Å². The van der Waals surface area contributed by atoms with Crippen LogP contribution in [0.5, 0.6) is 0 Å². The fraction of sp³-hybridized carbons (Fsp3) is 0.667. The van der Waals surface area contributed by atoms with Gasteiger partial charge >= 0.3 is 0 Å². The Balaban J connectivity index is 3.02. The molecule has 1 heterocycles. The molecule has 0 radical (unpaired) electrons. The lowest BCUT2D eigenvalue weighted by molar-refractivity contribution is 0.486. The van der Waals surface area contributed by atoms with Crippen LogP contribution >= 0.6 is 0 Å². The van der Waals surface area contributed by atoms with Crippen LogP contribution in [0.15, 0.2) is 10.5 Å². The third-order valence-corrected chi connectivity index (χ3v) is 2.87. The predicted molar refractivity (Wildman–Crippen MR) is 41.7 cm³/mol. The highest BCUT2D eigenvalue weighted by Crippen LogP contribution is 2.15. The lowest BCUT2D eigenvalue weighted by Crippen LogP contribution is -2.27. The summed E-state index contributed by atoms with van der Waals surface area (Å²) in [5.74, 6) is 0. The van der Waals surface area contributed by atoms with E-state index in [0.717, 1.165) is 12.1 Å². The average Bonchev–Trinajstić information content (AvgIpc) is 1.86. The van der Waals surface area contributed by atoms with E-state index >= 15 is 0 Å². The van der Waals surface area contributed by atoms with E-state index in [9.17, 15) is 8.42 Å². The van der Waals surface area contributed by atoms with Gasteiger partial charge in [-0.2, -0.15) is 8.42 Å². The highest BCUT2D eigenvalue weighted by molar-refractivity contribution is 7.89. The first-order valence-electron chi connectivity index (χ1n) is 3.38. The van der Waals surface area contributed by atoms with Crippen LogP contribution in [0, 0.1) is 0 Å². The molecule has 0 aromatic carbocycles. The molecule has 0 saturated heterocycles. The zero-order chi connectivity index (χ0) is 8.48. The lowest BCUT2D eigenvalue weighted by Gasteiger charge is -2.15. The van der Waals surface area contributed by atoms with Crippen molar-refractivity contribution in [3.05, 3.63) is 10.5 Å². The Kier molecular flexibility index (Phi) is 2.31. The second kappa shape index (κ2) is 2.92. The van der Waals surface area contributed by atoms with E-state index in [4.69, 9.17) is 4.55 Å². The summed E-state index contributed by atoms with van der Waals surface area (Å²) in [6, 6.07) is 0. The minimum atomic E-state index is -3.96. The highest BCUT2D eigenvalue weighted by atomic mass is 32.2. The van der Waals surface area contributed by atoms with Crippen LogP contribution in [0.4, 0.5) is 0 Å². The molecule has 1 rings (SSSR count). The maximum atomic E-state index is 10.7. The van der Waals surface area contributed by atoms with Gasteiger partial charge in [0.15, 0.2) is 0 Å². The van der Waals surface area contributed by atoms with E-state index < -0.39 is 10.1 Å². The quantitative estimate of drug-likeness (QED) is 0.559. The van der Waals surface area contributed by atoms with E-state index in [2.05, 4.69) is 5.32 Å². The molecule has 0 amide bonds. The summed E-state index contributed by atoms with van der Waals surface area (Å²) < 4.78 is 30.0. The van der Waals surface area contributed by atoms with Crippen molar-refractivity contribution in [1.29, 1.82) is 0 Å². The predicted octanol–water partition coefficient (Wildman–Crippen LogP) is 0.142. The maximum Gasteiger partial charge on any atom is 0.291 e. The summed E-state index contributed by atoms with van der Waals surface area (Å²) in [6.45, 7) is 2.76. The van der Waals surface area contributed by atoms with E-state index in [0.29, 0.717) is 6.42 Å². The first kappa shape index (κ1) is 8.70. The molecule has 1 aliphatic rings. The van der Waals surface area contributed by atoms with E-state index in [1.54, 1.807) is 6.92 Å². The Hall–Kier alpha value is -0.390. The van der Waals surface area contributed by atoms with Gasteiger partial charge in [-0.15, -0.1) is 0 Å². The standard InChI is InChI=1S/C6H11NO3S/c1-5-2-3-7-4-6(5)11(8,9)10/h7H,2-4H2,1H3,(H,8,9,10). The molecule has 2 N–H and O–H groups in total. The summed E-state index contributed by atoms with van der Waals surface area (Å²) in [5, 5.41) is 2.87. The van der Waals surface area contributed by atoms with Crippen molar-refractivity contribution in [3.63, 3.8) is 0 Å². The molecule has 0 aromatic rings. The van der Waals surface area contributed by atoms with Gasteiger partial charge in [0.25, 0.3) is 10.1 Å². The van der Waals surface area contributed by atoms with Crippen LogP contribution in [-0.2, 0) is 10.1 Å². The largest absolute Gasteiger partial charge is 0.312 e. The number of hydrogen-bond acceptors (Lipinski definition) is 3. The summed E-state index contributed by atoms with van der Waals surface area (Å²) in [7, 11) is -3.96. The molecule has 1 aliphatic heterocycles. The van der Waals surface area contributed by atoms with Crippen molar-refractivity contribution < 1.29 is 13.0 Å². The van der Waals surface area contributed by atoms with Crippen LogP contribution in [0.1, 0.15) is 13.3 Å². The van der Waals surface area contributed by atoms with Gasteiger partial charge in [-0.05, 0) is 19.9 Å². The topological polar surface area (TPSA) is 66.4 Å². The third kappa shape index (κ3) is 2.02. The van der Waals surface area contributed by atoms with Gasteiger partial charge in [0, 0.05) is 6.54 Å². The molecular formula is C6H11NO3S. The normalized spacial score (nSPS) is 20.5. The monoisotopic (exact) mass is 177 g/mol. The first-order chi connectivity index (χ1) is 5.02. The van der Waals surface area contributed by atoms with Gasteiger partial charge in [-0.1, -0.05) is 5.57 Å². The summed E-state index contributed by atoms with van der Waals surface area (Å²) in [6.07, 6.45) is 0.690. The molecule has 0 aliphatic carbocycles. The summed E-state index contributed by atoms with van der Waals surface area (Å²) >= 11 is 0. The molecule has 0 saturated carbocycles. The van der Waals surface area contributed by atoms with Crippen molar-refractivity contribution >= 4 is 10.1 Å². The van der Waals surface area contributed by atoms with Gasteiger partial charge in [0.2, 0.25) is 0 Å². The Bertz CT molecular complexity index is 278. The molecule has 0 bridgehead atoms. The van der Waals surface area contributed by atoms with Crippen molar-refractivity contribution in [3.8, 4) is 0 Å². The fourth-order valence-corrected chi connectivity index (χ4v) is 1.91. The molecule has 0 atom stereocenters. The van der Waals surface area contributed by atoms with Crippen molar-refractivity contribution in [2.75, 3.05) is 13.1 Å². The highest BCUT2D eigenvalue weighted by Gasteiger charge is 2.19.